The molecule has 31 heavy (non-hydrogen) atoms. The van der Waals surface area contributed by atoms with Crippen LogP contribution in [0.5, 0.6) is 5.88 Å². The van der Waals surface area contributed by atoms with Crippen molar-refractivity contribution in [3.05, 3.63) is 36.7 Å². The molecule has 0 radical (unpaired) electrons. The first-order chi connectivity index (χ1) is 15.0. The first-order valence-electron chi connectivity index (χ1n) is 10.4. The van der Waals surface area contributed by atoms with Crippen molar-refractivity contribution in [2.45, 2.75) is 44.2 Å². The maximum atomic E-state index is 14.5. The van der Waals surface area contributed by atoms with Crippen LogP contribution in [0.25, 0.3) is 27.8 Å². The second-order valence-electron chi connectivity index (χ2n) is 8.29. The van der Waals surface area contributed by atoms with Crippen molar-refractivity contribution in [2.24, 2.45) is 0 Å². The third-order valence-corrected chi connectivity index (χ3v) is 6.31. The standard InChI is InChI=1S/C22H25FN6O2/c1-22(31-3)6-4-14(5-7-22)26-21-27-18-17(20(28-21)30-2)15(11-25-18)13-10-16(23)19-24-8-9-29(19)12-13/h8-12,14H,4-7H2,1-3H3,(H2,25,26,27,28)/t14-,22+. The topological polar surface area (TPSA) is 89.4 Å². The second kappa shape index (κ2) is 7.49. The first-order valence-corrected chi connectivity index (χ1v) is 10.4. The maximum Gasteiger partial charge on any atom is 0.228 e. The van der Waals surface area contributed by atoms with Gasteiger partial charge in [-0.3, -0.25) is 0 Å². The van der Waals surface area contributed by atoms with E-state index >= 15 is 0 Å². The molecule has 4 aromatic heterocycles. The monoisotopic (exact) mass is 424 g/mol. The van der Waals surface area contributed by atoms with Crippen molar-refractivity contribution in [3.63, 3.8) is 0 Å². The van der Waals surface area contributed by atoms with Gasteiger partial charge in [-0.15, -0.1) is 0 Å². The number of hydrogen-bond donors (Lipinski definition) is 2. The van der Waals surface area contributed by atoms with Gasteiger partial charge in [-0.05, 0) is 38.7 Å². The van der Waals surface area contributed by atoms with E-state index < -0.39 is 5.82 Å². The molecule has 0 bridgehead atoms. The molecule has 0 spiro atoms. The number of halogens is 1. The van der Waals surface area contributed by atoms with Gasteiger partial charge in [0.2, 0.25) is 11.8 Å². The molecule has 162 valence electrons. The van der Waals surface area contributed by atoms with Crippen LogP contribution in [0.1, 0.15) is 32.6 Å². The van der Waals surface area contributed by atoms with E-state index in [1.807, 2.05) is 6.20 Å². The fourth-order valence-electron chi connectivity index (χ4n) is 4.34. The predicted molar refractivity (Wildman–Crippen MR) is 116 cm³/mol. The zero-order valence-corrected chi connectivity index (χ0v) is 17.8. The largest absolute Gasteiger partial charge is 0.480 e. The molecular formula is C22H25FN6O2. The Balaban J connectivity index is 1.48. The van der Waals surface area contributed by atoms with Crippen molar-refractivity contribution < 1.29 is 13.9 Å². The summed E-state index contributed by atoms with van der Waals surface area (Å²) in [6.07, 6.45) is 10.8. The van der Waals surface area contributed by atoms with Gasteiger partial charge in [0.05, 0.1) is 18.1 Å². The molecule has 4 aromatic rings. The quantitative estimate of drug-likeness (QED) is 0.500. The van der Waals surface area contributed by atoms with Crippen LogP contribution in [-0.2, 0) is 4.74 Å². The van der Waals surface area contributed by atoms with Crippen LogP contribution in [0.2, 0.25) is 0 Å². The van der Waals surface area contributed by atoms with Gasteiger partial charge in [-0.1, -0.05) is 0 Å². The molecule has 5 rings (SSSR count). The molecule has 1 fully saturated rings. The minimum absolute atomic E-state index is 0.0549. The van der Waals surface area contributed by atoms with Crippen LogP contribution >= 0.6 is 0 Å². The Morgan fingerprint density at radius 1 is 1.26 bits per heavy atom. The molecule has 2 N–H and O–H groups in total. The number of methoxy groups -OCH3 is 2. The van der Waals surface area contributed by atoms with Crippen LogP contribution in [0.15, 0.2) is 30.9 Å². The average Bonchev–Trinajstić information content (AvgIpc) is 3.42. The Labute approximate surface area is 178 Å². The second-order valence-corrected chi connectivity index (χ2v) is 8.29. The zero-order chi connectivity index (χ0) is 21.6. The number of aromatic amines is 1. The van der Waals surface area contributed by atoms with Gasteiger partial charge in [0.25, 0.3) is 0 Å². The van der Waals surface area contributed by atoms with Gasteiger partial charge in [0, 0.05) is 49.1 Å². The smallest absolute Gasteiger partial charge is 0.228 e. The summed E-state index contributed by atoms with van der Waals surface area (Å²) in [6.45, 7) is 2.15. The highest BCUT2D eigenvalue weighted by Crippen LogP contribution is 2.36. The van der Waals surface area contributed by atoms with Crippen molar-refractivity contribution in [2.75, 3.05) is 19.5 Å². The Kier molecular flexibility index (Phi) is 4.77. The number of imidazole rings is 1. The Morgan fingerprint density at radius 3 is 2.81 bits per heavy atom. The van der Waals surface area contributed by atoms with Crippen molar-refractivity contribution in [1.82, 2.24) is 24.3 Å². The van der Waals surface area contributed by atoms with E-state index in [9.17, 15) is 4.39 Å². The van der Waals surface area contributed by atoms with Crippen LogP contribution < -0.4 is 10.1 Å². The molecule has 1 saturated carbocycles. The summed E-state index contributed by atoms with van der Waals surface area (Å²) in [6, 6.07) is 1.74. The van der Waals surface area contributed by atoms with E-state index in [0.717, 1.165) is 31.2 Å². The van der Waals surface area contributed by atoms with E-state index in [0.29, 0.717) is 28.4 Å². The Hall–Kier alpha value is -3.20. The molecule has 0 aromatic carbocycles. The molecule has 0 saturated heterocycles. The van der Waals surface area contributed by atoms with E-state index in [2.05, 4.69) is 32.2 Å². The molecule has 1 aliphatic carbocycles. The molecule has 0 aliphatic heterocycles. The summed E-state index contributed by atoms with van der Waals surface area (Å²) in [5.74, 6) is 0.558. The number of ether oxygens (including phenoxy) is 2. The van der Waals surface area contributed by atoms with E-state index in [4.69, 9.17) is 9.47 Å². The Morgan fingerprint density at radius 2 is 2.06 bits per heavy atom. The Bertz CT molecular complexity index is 1240. The van der Waals surface area contributed by atoms with Gasteiger partial charge >= 0.3 is 0 Å². The van der Waals surface area contributed by atoms with Crippen molar-refractivity contribution in [3.8, 4) is 17.0 Å². The van der Waals surface area contributed by atoms with Crippen LogP contribution in [0.3, 0.4) is 0 Å². The summed E-state index contributed by atoms with van der Waals surface area (Å²) in [5.41, 5.74) is 2.31. The number of nitrogens with zero attached hydrogens (tertiary/aromatic N) is 4. The molecule has 0 atom stereocenters. The number of pyridine rings is 1. The predicted octanol–water partition coefficient (Wildman–Crippen LogP) is 4.18. The highest BCUT2D eigenvalue weighted by Gasteiger charge is 2.31. The van der Waals surface area contributed by atoms with Crippen LogP contribution in [-0.4, -0.2) is 50.2 Å². The van der Waals surface area contributed by atoms with Gasteiger partial charge in [0.15, 0.2) is 11.5 Å². The molecule has 4 heterocycles. The van der Waals surface area contributed by atoms with Gasteiger partial charge in [0.1, 0.15) is 5.65 Å². The number of nitrogens with one attached hydrogen (secondary N) is 2. The number of fused-ring (bicyclic) bond motifs is 2. The molecule has 1 aliphatic rings. The summed E-state index contributed by atoms with van der Waals surface area (Å²) in [4.78, 5) is 16.5. The summed E-state index contributed by atoms with van der Waals surface area (Å²) >= 11 is 0. The number of anilines is 1. The lowest BCUT2D eigenvalue weighted by atomic mass is 9.83. The first kappa shape index (κ1) is 19.7. The summed E-state index contributed by atoms with van der Waals surface area (Å²) < 4.78 is 27.4. The lowest BCUT2D eigenvalue weighted by Gasteiger charge is -2.36. The number of H-pyrrole nitrogens is 1. The van der Waals surface area contributed by atoms with Gasteiger partial charge in [-0.2, -0.15) is 9.97 Å². The average molecular weight is 424 g/mol. The van der Waals surface area contributed by atoms with Crippen molar-refractivity contribution in [1.29, 1.82) is 0 Å². The number of aromatic nitrogens is 5. The molecule has 0 unspecified atom stereocenters. The third kappa shape index (κ3) is 3.48. The van der Waals surface area contributed by atoms with E-state index in [-0.39, 0.29) is 17.3 Å². The molecule has 0 amide bonds. The van der Waals surface area contributed by atoms with Crippen LogP contribution in [0.4, 0.5) is 10.3 Å². The van der Waals surface area contributed by atoms with E-state index in [1.54, 1.807) is 37.2 Å². The van der Waals surface area contributed by atoms with E-state index in [1.165, 1.54) is 6.07 Å². The maximum absolute atomic E-state index is 14.5. The van der Waals surface area contributed by atoms with Crippen LogP contribution in [0, 0.1) is 5.82 Å². The van der Waals surface area contributed by atoms with Gasteiger partial charge < -0.3 is 24.2 Å². The summed E-state index contributed by atoms with van der Waals surface area (Å²) in [7, 11) is 3.35. The molecule has 9 heteroatoms. The zero-order valence-electron chi connectivity index (χ0n) is 17.8. The van der Waals surface area contributed by atoms with Gasteiger partial charge in [-0.25, -0.2) is 9.37 Å². The molecular weight excluding hydrogens is 399 g/mol. The number of rotatable bonds is 5. The highest BCUT2D eigenvalue weighted by molar-refractivity contribution is 5.97. The highest BCUT2D eigenvalue weighted by atomic mass is 19.1. The molecule has 8 nitrogen and oxygen atoms in total. The number of hydrogen-bond acceptors (Lipinski definition) is 6. The third-order valence-electron chi connectivity index (χ3n) is 6.31. The fraction of sp³-hybridized carbons (Fsp3) is 0.409. The lowest BCUT2D eigenvalue weighted by Crippen LogP contribution is -2.37. The summed E-state index contributed by atoms with van der Waals surface area (Å²) in [5, 5.41) is 4.15. The fourth-order valence-corrected chi connectivity index (χ4v) is 4.34. The normalized spacial score (nSPS) is 21.6. The minimum atomic E-state index is -0.393. The SMILES string of the molecule is COc1nc(N[C@H]2CC[C@@](C)(OC)CC2)nc2[nH]cc(-c3cc(F)c4nccn4c3)c12. The minimum Gasteiger partial charge on any atom is -0.480 e. The lowest BCUT2D eigenvalue weighted by molar-refractivity contribution is -0.0253. The van der Waals surface area contributed by atoms with Crippen molar-refractivity contribution >= 4 is 22.6 Å².